The Morgan fingerprint density at radius 1 is 1.31 bits per heavy atom. The largest absolute Gasteiger partial charge is 0.497 e. The highest BCUT2D eigenvalue weighted by atomic mass is 32.2. The fraction of sp³-hybridized carbons (Fsp3) is 0.667. The van der Waals surface area contributed by atoms with Crippen molar-refractivity contribution >= 4 is 22.3 Å². The van der Waals surface area contributed by atoms with Gasteiger partial charge in [0.2, 0.25) is 10.0 Å². The molecule has 36 heavy (non-hydrogen) atoms. The van der Waals surface area contributed by atoms with Gasteiger partial charge in [0.1, 0.15) is 12.0 Å². The predicted octanol–water partition coefficient (Wildman–Crippen LogP) is 3.21. The first-order chi connectivity index (χ1) is 17.2. The van der Waals surface area contributed by atoms with Crippen molar-refractivity contribution in [3.63, 3.8) is 0 Å². The van der Waals surface area contributed by atoms with Gasteiger partial charge in [-0.05, 0) is 55.4 Å². The molecule has 1 saturated heterocycles. The average molecular weight is 532 g/mol. The molecular weight excluding hydrogens is 490 g/mol. The smallest absolute Gasteiger partial charge is 0.379 e. The Morgan fingerprint density at radius 3 is 2.39 bits per heavy atom. The normalized spacial score (nSPS) is 15.7. The van der Waals surface area contributed by atoms with Crippen LogP contribution in [0.1, 0.15) is 47.0 Å². The summed E-state index contributed by atoms with van der Waals surface area (Å²) >= 11 is 0. The minimum Gasteiger partial charge on any atom is -0.497 e. The molecule has 2 atom stereocenters. The number of hydrogen-bond donors (Lipinski definition) is 2. The number of rotatable bonds is 12. The van der Waals surface area contributed by atoms with Gasteiger partial charge in [0.15, 0.2) is 0 Å². The number of urea groups is 1. The highest BCUT2D eigenvalue weighted by Gasteiger charge is 2.26. The van der Waals surface area contributed by atoms with Gasteiger partial charge >= 0.3 is 6.03 Å². The average Bonchev–Trinajstić information content (AvgIpc) is 3.40. The third kappa shape index (κ3) is 12.5. The maximum Gasteiger partial charge on any atom is 0.379 e. The number of carbonyl (C=O) groups excluding carboxylic acids is 2. The van der Waals surface area contributed by atoms with Gasteiger partial charge in [-0.1, -0.05) is 27.7 Å². The van der Waals surface area contributed by atoms with Gasteiger partial charge in [-0.15, -0.1) is 4.91 Å². The van der Waals surface area contributed by atoms with E-state index in [0.717, 1.165) is 26.1 Å². The number of methoxy groups -OCH3 is 1. The van der Waals surface area contributed by atoms with E-state index in [9.17, 15) is 22.9 Å². The summed E-state index contributed by atoms with van der Waals surface area (Å²) in [6.45, 7) is 10.0. The van der Waals surface area contributed by atoms with Gasteiger partial charge in [0.25, 0.3) is 0 Å². The van der Waals surface area contributed by atoms with Crippen LogP contribution in [-0.4, -0.2) is 76.2 Å². The third-order valence-electron chi connectivity index (χ3n) is 5.07. The molecule has 0 aliphatic carbocycles. The quantitative estimate of drug-likeness (QED) is 0.308. The minimum atomic E-state index is -3.80. The van der Waals surface area contributed by atoms with Crippen LogP contribution in [0.2, 0.25) is 0 Å². The SMILES string of the molecule is CC.COc1ccc(S(=O)(=O)N(CC[C@H](C=O)NC(=O)N=O)CC(C)C)cc1.OCC[C@H]1CCOC1. The summed E-state index contributed by atoms with van der Waals surface area (Å²) in [5.41, 5.74) is 0. The van der Waals surface area contributed by atoms with E-state index >= 15 is 0 Å². The topological polar surface area (TPSA) is 152 Å². The molecule has 0 bridgehead atoms. The van der Waals surface area contributed by atoms with Crippen molar-refractivity contribution < 1.29 is 32.6 Å². The van der Waals surface area contributed by atoms with Crippen molar-refractivity contribution in [2.24, 2.45) is 17.0 Å². The molecule has 0 unspecified atom stereocenters. The van der Waals surface area contributed by atoms with Gasteiger partial charge in [0.05, 0.1) is 18.0 Å². The Balaban J connectivity index is 0.00000102. The van der Waals surface area contributed by atoms with Gasteiger partial charge in [-0.2, -0.15) is 4.31 Å². The van der Waals surface area contributed by atoms with Crippen molar-refractivity contribution in [3.8, 4) is 5.75 Å². The molecule has 0 saturated carbocycles. The Hall–Kier alpha value is -2.41. The zero-order valence-corrected chi connectivity index (χ0v) is 22.7. The highest BCUT2D eigenvalue weighted by Crippen LogP contribution is 2.21. The van der Waals surface area contributed by atoms with Crippen LogP contribution in [-0.2, 0) is 19.6 Å². The van der Waals surface area contributed by atoms with Gasteiger partial charge < -0.3 is 24.7 Å². The molecule has 1 aromatic carbocycles. The lowest BCUT2D eigenvalue weighted by molar-refractivity contribution is -0.109. The maximum absolute atomic E-state index is 12.9. The maximum atomic E-state index is 12.9. The van der Waals surface area contributed by atoms with E-state index in [1.54, 1.807) is 12.1 Å². The summed E-state index contributed by atoms with van der Waals surface area (Å²) in [4.78, 5) is 32.3. The Kier molecular flexibility index (Phi) is 17.5. The van der Waals surface area contributed by atoms with Crippen LogP contribution in [0, 0.1) is 16.7 Å². The molecule has 0 aromatic heterocycles. The van der Waals surface area contributed by atoms with Crippen LogP contribution in [0.3, 0.4) is 0 Å². The summed E-state index contributed by atoms with van der Waals surface area (Å²) in [6.07, 6.45) is 2.52. The summed E-state index contributed by atoms with van der Waals surface area (Å²) in [6, 6.07) is 3.81. The molecule has 1 aliphatic heterocycles. The number of nitroso groups, excluding NO2 is 1. The highest BCUT2D eigenvalue weighted by molar-refractivity contribution is 7.89. The molecule has 2 rings (SSSR count). The fourth-order valence-corrected chi connectivity index (χ4v) is 4.87. The Labute approximate surface area is 214 Å². The third-order valence-corrected chi connectivity index (χ3v) is 6.95. The molecule has 1 fully saturated rings. The molecule has 206 valence electrons. The second-order valence-corrected chi connectivity index (χ2v) is 10.2. The van der Waals surface area contributed by atoms with E-state index < -0.39 is 22.1 Å². The van der Waals surface area contributed by atoms with E-state index in [2.05, 4.69) is 10.5 Å². The van der Waals surface area contributed by atoms with Crippen molar-refractivity contribution in [2.75, 3.05) is 40.0 Å². The molecule has 0 spiro atoms. The minimum absolute atomic E-state index is 0.00487. The zero-order valence-electron chi connectivity index (χ0n) is 21.9. The van der Waals surface area contributed by atoms with Crippen LogP contribution in [0.5, 0.6) is 5.75 Å². The molecular formula is C24H41N3O8S. The number of benzene rings is 1. The predicted molar refractivity (Wildman–Crippen MR) is 137 cm³/mol. The zero-order chi connectivity index (χ0) is 27.6. The Bertz CT molecular complexity index is 857. The number of nitrogens with zero attached hydrogens (tertiary/aromatic N) is 2. The molecule has 2 N–H and O–H groups in total. The van der Waals surface area contributed by atoms with Crippen LogP contribution < -0.4 is 10.1 Å². The summed E-state index contributed by atoms with van der Waals surface area (Å²) in [7, 11) is -2.31. The van der Waals surface area contributed by atoms with E-state index in [-0.39, 0.29) is 30.3 Å². The number of hydrogen-bond acceptors (Lipinski definition) is 8. The summed E-state index contributed by atoms with van der Waals surface area (Å²) in [5.74, 6) is 1.22. The van der Waals surface area contributed by atoms with E-state index in [1.807, 2.05) is 27.7 Å². The van der Waals surface area contributed by atoms with E-state index in [1.165, 1.54) is 23.5 Å². The van der Waals surface area contributed by atoms with E-state index in [4.69, 9.17) is 14.6 Å². The molecule has 12 heteroatoms. The second-order valence-electron chi connectivity index (χ2n) is 8.25. The first-order valence-electron chi connectivity index (χ1n) is 12.1. The molecule has 0 radical (unpaired) electrons. The number of ether oxygens (including phenoxy) is 2. The van der Waals surface area contributed by atoms with Crippen molar-refractivity contribution in [1.29, 1.82) is 0 Å². The monoisotopic (exact) mass is 531 g/mol. The van der Waals surface area contributed by atoms with Crippen LogP contribution in [0.25, 0.3) is 0 Å². The van der Waals surface area contributed by atoms with E-state index in [0.29, 0.717) is 24.6 Å². The van der Waals surface area contributed by atoms with Gasteiger partial charge in [0, 0.05) is 38.1 Å². The number of nitrogens with one attached hydrogen (secondary N) is 1. The lowest BCUT2D eigenvalue weighted by Crippen LogP contribution is -2.40. The van der Waals surface area contributed by atoms with Gasteiger partial charge in [-0.25, -0.2) is 13.2 Å². The van der Waals surface area contributed by atoms with Crippen LogP contribution >= 0.6 is 0 Å². The number of aliphatic hydroxyl groups excluding tert-OH is 1. The molecule has 11 nitrogen and oxygen atoms in total. The first-order valence-corrected chi connectivity index (χ1v) is 13.5. The fourth-order valence-electron chi connectivity index (χ4n) is 3.25. The lowest BCUT2D eigenvalue weighted by Gasteiger charge is -2.25. The Morgan fingerprint density at radius 2 is 1.94 bits per heavy atom. The molecule has 1 heterocycles. The summed E-state index contributed by atoms with van der Waals surface area (Å²) < 4.78 is 37.1. The van der Waals surface area contributed by atoms with Crippen LogP contribution in [0.15, 0.2) is 34.3 Å². The molecule has 2 amide bonds. The standard InChI is InChI=1S/C16H23N3O6S.C6H12O2.C2H6/c1-12(2)10-19(9-8-13(11-20)17-16(21)18-22)26(23,24)15-6-4-14(25-3)5-7-15;7-3-1-6-2-4-8-5-6;1-2/h4-7,11-13H,8-10H2,1-3H3,(H,17,21);6-7H,1-5H2;1-2H3/t13-;6-;/m10./s1. The number of sulfonamides is 1. The van der Waals surface area contributed by atoms with Crippen molar-refractivity contribution in [2.45, 2.75) is 57.9 Å². The van der Waals surface area contributed by atoms with Crippen LogP contribution in [0.4, 0.5) is 4.79 Å². The second kappa shape index (κ2) is 18.8. The number of amides is 2. The number of aliphatic hydroxyl groups is 1. The van der Waals surface area contributed by atoms with Gasteiger partial charge in [-0.3, -0.25) is 0 Å². The lowest BCUT2D eigenvalue weighted by atomic mass is 10.1. The number of carbonyl (C=O) groups is 2. The summed E-state index contributed by atoms with van der Waals surface area (Å²) in [5, 5.41) is 12.7. The number of aldehydes is 1. The first kappa shape index (κ1) is 33.6. The molecule has 1 aliphatic rings. The van der Waals surface area contributed by atoms with Crippen molar-refractivity contribution in [3.05, 3.63) is 29.2 Å². The molecule has 1 aromatic rings. The van der Waals surface area contributed by atoms with Crippen molar-refractivity contribution in [1.82, 2.24) is 9.62 Å².